The van der Waals surface area contributed by atoms with Crippen LogP contribution in [0.25, 0.3) is 0 Å². The van der Waals surface area contributed by atoms with Gasteiger partial charge in [0.2, 0.25) is 0 Å². The smallest absolute Gasteiger partial charge is 0.271 e. The van der Waals surface area contributed by atoms with Crippen molar-refractivity contribution < 1.29 is 18.1 Å². The summed E-state index contributed by atoms with van der Waals surface area (Å²) in [5.74, 6) is 0.00886. The highest BCUT2D eigenvalue weighted by atomic mass is 35.5. The van der Waals surface area contributed by atoms with Crippen LogP contribution in [0.1, 0.15) is 0 Å². The first-order valence-electron chi connectivity index (χ1n) is 7.71. The van der Waals surface area contributed by atoms with Gasteiger partial charge in [0.05, 0.1) is 36.8 Å². The summed E-state index contributed by atoms with van der Waals surface area (Å²) in [5, 5.41) is 10.6. The molecule has 1 heterocycles. The van der Waals surface area contributed by atoms with Crippen LogP contribution in [0.15, 0.2) is 59.8 Å². The van der Waals surface area contributed by atoms with Crippen molar-refractivity contribution >= 4 is 56.2 Å². The van der Waals surface area contributed by atoms with Gasteiger partial charge in [0.15, 0.2) is 5.75 Å². The molecular formula is C17H10Cl3N3O5S. The van der Waals surface area contributed by atoms with Crippen molar-refractivity contribution in [1.29, 1.82) is 0 Å². The van der Waals surface area contributed by atoms with E-state index in [9.17, 15) is 18.5 Å². The lowest BCUT2D eigenvalue weighted by Crippen LogP contribution is -2.13. The van der Waals surface area contributed by atoms with E-state index in [0.29, 0.717) is 0 Å². The van der Waals surface area contributed by atoms with E-state index in [-0.39, 0.29) is 42.8 Å². The molecule has 29 heavy (non-hydrogen) atoms. The molecule has 1 aromatic heterocycles. The minimum Gasteiger partial charge on any atom is -0.453 e. The van der Waals surface area contributed by atoms with Crippen LogP contribution >= 0.6 is 34.8 Å². The van der Waals surface area contributed by atoms with Crippen molar-refractivity contribution in [3.63, 3.8) is 0 Å². The van der Waals surface area contributed by atoms with Crippen LogP contribution in [0, 0.1) is 10.1 Å². The SMILES string of the molecule is O=[N+]([O-])c1ccc(Oc2c(Cl)cc(S(=O)(=O)Nc3cccnc3)cc2Cl)c(Cl)c1. The first-order valence-corrected chi connectivity index (χ1v) is 10.3. The van der Waals surface area contributed by atoms with Gasteiger partial charge in [0, 0.05) is 18.3 Å². The van der Waals surface area contributed by atoms with Gasteiger partial charge in [-0.1, -0.05) is 34.8 Å². The summed E-state index contributed by atoms with van der Waals surface area (Å²) >= 11 is 18.3. The maximum atomic E-state index is 12.5. The molecule has 2 aromatic carbocycles. The molecule has 8 nitrogen and oxygen atoms in total. The van der Waals surface area contributed by atoms with Gasteiger partial charge in [-0.15, -0.1) is 0 Å². The lowest BCUT2D eigenvalue weighted by atomic mass is 10.3. The third kappa shape index (κ3) is 4.88. The Morgan fingerprint density at radius 1 is 1.03 bits per heavy atom. The van der Waals surface area contributed by atoms with E-state index in [4.69, 9.17) is 39.5 Å². The van der Waals surface area contributed by atoms with E-state index in [2.05, 4.69) is 9.71 Å². The number of non-ortho nitro benzene ring substituents is 1. The fraction of sp³-hybridized carbons (Fsp3) is 0. The molecule has 0 aliphatic rings. The van der Waals surface area contributed by atoms with Gasteiger partial charge in [-0.2, -0.15) is 0 Å². The molecule has 3 aromatic rings. The van der Waals surface area contributed by atoms with Crippen molar-refractivity contribution in [3.05, 3.63) is 80.0 Å². The number of nitrogens with one attached hydrogen (secondary N) is 1. The zero-order valence-corrected chi connectivity index (χ0v) is 17.3. The average molecular weight is 475 g/mol. The van der Waals surface area contributed by atoms with E-state index in [0.717, 1.165) is 18.2 Å². The number of hydrogen-bond donors (Lipinski definition) is 1. The van der Waals surface area contributed by atoms with Crippen molar-refractivity contribution in [3.8, 4) is 11.5 Å². The zero-order valence-electron chi connectivity index (χ0n) is 14.2. The summed E-state index contributed by atoms with van der Waals surface area (Å²) in [6.45, 7) is 0. The van der Waals surface area contributed by atoms with Gasteiger partial charge >= 0.3 is 0 Å². The second-order valence-electron chi connectivity index (χ2n) is 5.54. The number of rotatable bonds is 6. The number of nitro benzene ring substituents is 1. The van der Waals surface area contributed by atoms with Gasteiger partial charge < -0.3 is 4.74 Å². The number of sulfonamides is 1. The second kappa shape index (κ2) is 8.42. The third-order valence-electron chi connectivity index (χ3n) is 3.53. The molecule has 0 bridgehead atoms. The molecule has 1 N–H and O–H groups in total. The van der Waals surface area contributed by atoms with Crippen molar-refractivity contribution in [1.82, 2.24) is 4.98 Å². The summed E-state index contributed by atoms with van der Waals surface area (Å²) < 4.78 is 33.0. The summed E-state index contributed by atoms with van der Waals surface area (Å²) in [5.41, 5.74) is 0.0418. The number of ether oxygens (including phenoxy) is 1. The van der Waals surface area contributed by atoms with E-state index in [1.807, 2.05) is 0 Å². The summed E-state index contributed by atoms with van der Waals surface area (Å²) in [7, 11) is -3.99. The van der Waals surface area contributed by atoms with Crippen LogP contribution in [0.3, 0.4) is 0 Å². The number of hydrogen-bond acceptors (Lipinski definition) is 6. The Balaban J connectivity index is 1.91. The Labute approximate surface area is 180 Å². The van der Waals surface area contributed by atoms with Crippen molar-refractivity contribution in [2.45, 2.75) is 4.90 Å². The fourth-order valence-corrected chi connectivity index (χ4v) is 4.22. The number of aromatic nitrogens is 1. The first kappa shape index (κ1) is 21.1. The highest BCUT2D eigenvalue weighted by molar-refractivity contribution is 7.92. The van der Waals surface area contributed by atoms with E-state index in [1.165, 1.54) is 30.6 Å². The first-order chi connectivity index (χ1) is 13.7. The van der Waals surface area contributed by atoms with Crippen LogP contribution in [0.2, 0.25) is 15.1 Å². The molecular weight excluding hydrogens is 465 g/mol. The highest BCUT2D eigenvalue weighted by Gasteiger charge is 2.21. The van der Waals surface area contributed by atoms with Crippen LogP contribution in [-0.4, -0.2) is 18.3 Å². The highest BCUT2D eigenvalue weighted by Crippen LogP contribution is 2.41. The van der Waals surface area contributed by atoms with Gasteiger partial charge in [-0.3, -0.25) is 19.8 Å². The van der Waals surface area contributed by atoms with E-state index >= 15 is 0 Å². The summed E-state index contributed by atoms with van der Waals surface area (Å²) in [6.07, 6.45) is 2.84. The summed E-state index contributed by atoms with van der Waals surface area (Å²) in [6, 6.07) is 8.99. The molecule has 3 rings (SSSR count). The number of nitrogens with zero attached hydrogens (tertiary/aromatic N) is 2. The number of nitro groups is 1. The fourth-order valence-electron chi connectivity index (χ4n) is 2.22. The summed E-state index contributed by atoms with van der Waals surface area (Å²) in [4.78, 5) is 13.8. The molecule has 150 valence electrons. The molecule has 0 amide bonds. The average Bonchev–Trinajstić information content (AvgIpc) is 2.65. The number of halogens is 3. The van der Waals surface area contributed by atoms with Crippen molar-refractivity contribution in [2.75, 3.05) is 4.72 Å². The quantitative estimate of drug-likeness (QED) is 0.371. The number of benzene rings is 2. The molecule has 12 heteroatoms. The van der Waals surface area contributed by atoms with Crippen LogP contribution in [-0.2, 0) is 10.0 Å². The van der Waals surface area contributed by atoms with E-state index < -0.39 is 14.9 Å². The number of pyridine rings is 1. The normalized spacial score (nSPS) is 11.1. The molecule has 0 saturated carbocycles. The monoisotopic (exact) mass is 473 g/mol. The third-order valence-corrected chi connectivity index (χ3v) is 5.75. The Morgan fingerprint density at radius 2 is 1.72 bits per heavy atom. The maximum Gasteiger partial charge on any atom is 0.271 e. The molecule has 0 spiro atoms. The Morgan fingerprint density at radius 3 is 2.28 bits per heavy atom. The molecule has 0 aliphatic heterocycles. The van der Waals surface area contributed by atoms with Crippen LogP contribution < -0.4 is 9.46 Å². The zero-order chi connectivity index (χ0) is 21.2. The molecule has 0 unspecified atom stereocenters. The lowest BCUT2D eigenvalue weighted by Gasteiger charge is -2.13. The Bertz CT molecular complexity index is 1170. The Hall–Kier alpha value is -2.59. The molecule has 0 fully saturated rings. The van der Waals surface area contributed by atoms with Crippen LogP contribution in [0.4, 0.5) is 11.4 Å². The minimum absolute atomic E-state index is 0.0405. The predicted octanol–water partition coefficient (Wildman–Crippen LogP) is 5.54. The van der Waals surface area contributed by atoms with Gasteiger partial charge in [-0.05, 0) is 30.3 Å². The number of anilines is 1. The molecule has 0 aliphatic carbocycles. The predicted molar refractivity (Wildman–Crippen MR) is 110 cm³/mol. The van der Waals surface area contributed by atoms with Gasteiger partial charge in [-0.25, -0.2) is 8.42 Å². The molecule has 0 radical (unpaired) electrons. The largest absolute Gasteiger partial charge is 0.453 e. The minimum atomic E-state index is -3.99. The standard InChI is InChI=1S/C17H10Cl3N3O5S/c18-13-6-11(23(24)25)3-4-16(13)28-17-14(19)7-12(8-15(17)20)29(26,27)22-10-2-1-5-21-9-10/h1-9,22H. The second-order valence-corrected chi connectivity index (χ2v) is 8.44. The van der Waals surface area contributed by atoms with Crippen molar-refractivity contribution in [2.24, 2.45) is 0 Å². The van der Waals surface area contributed by atoms with E-state index in [1.54, 1.807) is 6.07 Å². The van der Waals surface area contributed by atoms with Gasteiger partial charge in [0.1, 0.15) is 5.75 Å². The molecule has 0 atom stereocenters. The van der Waals surface area contributed by atoms with Crippen LogP contribution in [0.5, 0.6) is 11.5 Å². The Kier molecular flexibility index (Phi) is 6.13. The topological polar surface area (TPSA) is 111 Å². The molecule has 0 saturated heterocycles. The lowest BCUT2D eigenvalue weighted by molar-refractivity contribution is -0.384. The maximum absolute atomic E-state index is 12.5. The van der Waals surface area contributed by atoms with Gasteiger partial charge in [0.25, 0.3) is 15.7 Å².